The molecule has 9 heteroatoms. The Morgan fingerprint density at radius 3 is 2.36 bits per heavy atom. The van der Waals surface area contributed by atoms with Crippen molar-refractivity contribution in [3.63, 3.8) is 0 Å². The highest BCUT2D eigenvalue weighted by Crippen LogP contribution is 2.40. The molecule has 3 aromatic carbocycles. The Morgan fingerprint density at radius 1 is 0.886 bits per heavy atom. The van der Waals surface area contributed by atoms with Crippen LogP contribution >= 0.6 is 0 Å². The normalized spacial score (nSPS) is 13.1. The first kappa shape index (κ1) is 30.3. The number of nitrogens with zero attached hydrogens (tertiary/aromatic N) is 1. The molecular weight excluding hydrogens is 552 g/mol. The van der Waals surface area contributed by atoms with Crippen LogP contribution in [0, 0.1) is 13.8 Å². The Bertz CT molecular complexity index is 1720. The van der Waals surface area contributed by atoms with E-state index in [2.05, 4.69) is 45.0 Å². The fourth-order valence-electron chi connectivity index (χ4n) is 5.44. The van der Waals surface area contributed by atoms with Gasteiger partial charge in [-0.05, 0) is 75.0 Å². The maximum atomic E-state index is 13.2. The van der Waals surface area contributed by atoms with Crippen LogP contribution in [0.5, 0.6) is 0 Å². The quantitative estimate of drug-likeness (QED) is 0.134. The molecule has 5 rings (SSSR count). The van der Waals surface area contributed by atoms with Gasteiger partial charge in [0.25, 0.3) is 17.7 Å². The average Bonchev–Trinajstić information content (AvgIpc) is 3.50. The predicted octanol–water partition coefficient (Wildman–Crippen LogP) is 6.19. The number of likely N-dealkylation sites (N-methyl/N-ethyl adjacent to an activating group) is 1. The summed E-state index contributed by atoms with van der Waals surface area (Å²) in [5, 5.41) is 12.3. The van der Waals surface area contributed by atoms with Crippen LogP contribution in [0.15, 0.2) is 72.8 Å². The van der Waals surface area contributed by atoms with Crippen molar-refractivity contribution in [3.05, 3.63) is 106 Å². The fourth-order valence-corrected chi connectivity index (χ4v) is 5.44. The Morgan fingerprint density at radius 2 is 1.61 bits per heavy atom. The van der Waals surface area contributed by atoms with Crippen molar-refractivity contribution in [2.75, 3.05) is 42.1 Å². The maximum absolute atomic E-state index is 13.2. The molecule has 5 N–H and O–H groups in total. The fraction of sp³-hybridized carbons (Fsp3) is 0.229. The number of nitrogens with one attached hydrogen (secondary N) is 5. The summed E-state index contributed by atoms with van der Waals surface area (Å²) >= 11 is 0. The molecule has 226 valence electrons. The minimum absolute atomic E-state index is 0.127. The highest BCUT2D eigenvalue weighted by molar-refractivity contribution is 6.36. The lowest BCUT2D eigenvalue weighted by Gasteiger charge is -2.18. The van der Waals surface area contributed by atoms with Crippen LogP contribution < -0.4 is 21.3 Å². The lowest BCUT2D eigenvalue weighted by Crippen LogP contribution is -2.35. The topological polar surface area (TPSA) is 118 Å². The van der Waals surface area contributed by atoms with Crippen LogP contribution in [0.3, 0.4) is 0 Å². The lowest BCUT2D eigenvalue weighted by molar-refractivity contribution is -0.110. The zero-order chi connectivity index (χ0) is 31.2. The molecule has 0 spiro atoms. The summed E-state index contributed by atoms with van der Waals surface area (Å²) in [6.07, 6.45) is 1.81. The van der Waals surface area contributed by atoms with Crippen molar-refractivity contribution >= 4 is 52.1 Å². The van der Waals surface area contributed by atoms with Gasteiger partial charge in [-0.15, -0.1) is 0 Å². The molecule has 0 unspecified atom stereocenters. The first-order valence-electron chi connectivity index (χ1n) is 14.9. The van der Waals surface area contributed by atoms with E-state index < -0.39 is 0 Å². The number of carbonyl (C=O) groups is 3. The summed E-state index contributed by atoms with van der Waals surface area (Å²) in [6, 6.07) is 22.1. The van der Waals surface area contributed by atoms with Gasteiger partial charge in [-0.1, -0.05) is 50.2 Å². The number of anilines is 4. The number of aryl methyl sites for hydroxylation is 1. The number of carbonyl (C=O) groups excluding carboxylic acids is 3. The minimum atomic E-state index is -0.227. The van der Waals surface area contributed by atoms with E-state index in [1.54, 1.807) is 18.2 Å². The molecule has 0 saturated carbocycles. The number of amides is 3. The van der Waals surface area contributed by atoms with Gasteiger partial charge in [-0.3, -0.25) is 14.4 Å². The number of benzene rings is 3. The monoisotopic (exact) mass is 590 g/mol. The van der Waals surface area contributed by atoms with Gasteiger partial charge in [0.2, 0.25) is 0 Å². The van der Waals surface area contributed by atoms with Gasteiger partial charge in [0.15, 0.2) is 0 Å². The van der Waals surface area contributed by atoms with Gasteiger partial charge in [-0.2, -0.15) is 0 Å². The maximum Gasteiger partial charge on any atom is 0.256 e. The SMILES string of the molecule is CCN(CC)CCNC(=O)c1c(C)[nH]c(C=C2C(=O)Nc3c(Nc4cccc(NC(=O)c5ccccc5)c4)cccc32)c1C. The van der Waals surface area contributed by atoms with Crippen LogP contribution in [-0.2, 0) is 4.79 Å². The van der Waals surface area contributed by atoms with Crippen LogP contribution in [0.2, 0.25) is 0 Å². The molecule has 44 heavy (non-hydrogen) atoms. The number of aromatic nitrogens is 1. The van der Waals surface area contributed by atoms with Gasteiger partial charge in [-0.25, -0.2) is 0 Å². The third-order valence-corrected chi connectivity index (χ3v) is 7.87. The van der Waals surface area contributed by atoms with Gasteiger partial charge in [0, 0.05) is 47.0 Å². The van der Waals surface area contributed by atoms with Gasteiger partial charge >= 0.3 is 0 Å². The molecule has 0 aliphatic carbocycles. The van der Waals surface area contributed by atoms with E-state index in [-0.39, 0.29) is 17.7 Å². The molecular formula is C35H38N6O3. The third kappa shape index (κ3) is 6.58. The highest BCUT2D eigenvalue weighted by atomic mass is 16.2. The van der Waals surface area contributed by atoms with E-state index in [9.17, 15) is 14.4 Å². The van der Waals surface area contributed by atoms with Crippen molar-refractivity contribution < 1.29 is 14.4 Å². The van der Waals surface area contributed by atoms with Crippen LogP contribution in [0.25, 0.3) is 11.6 Å². The van der Waals surface area contributed by atoms with E-state index in [0.717, 1.165) is 53.5 Å². The van der Waals surface area contributed by atoms with E-state index in [1.807, 2.05) is 74.5 Å². The number of fused-ring (bicyclic) bond motifs is 1. The standard InChI is InChI=1S/C35H38N6O3/c1-5-41(6-2)19-18-36-35(44)31-22(3)30(37-23(31)4)21-28-27-16-11-17-29(32(27)40-34(28)43)38-25-14-10-15-26(20-25)39-33(42)24-12-8-7-9-13-24/h7-17,20-21,37-38H,5-6,18-19H2,1-4H3,(H,36,44)(H,39,42)(H,40,43). The highest BCUT2D eigenvalue weighted by Gasteiger charge is 2.28. The number of aromatic amines is 1. The van der Waals surface area contributed by atoms with Crippen molar-refractivity contribution in [1.29, 1.82) is 0 Å². The molecule has 0 atom stereocenters. The van der Waals surface area contributed by atoms with Crippen molar-refractivity contribution in [2.45, 2.75) is 27.7 Å². The number of hydrogen-bond acceptors (Lipinski definition) is 5. The smallest absolute Gasteiger partial charge is 0.256 e. The van der Waals surface area contributed by atoms with E-state index in [1.165, 1.54) is 0 Å². The summed E-state index contributed by atoms with van der Waals surface area (Å²) in [4.78, 5) is 44.4. The number of H-pyrrole nitrogens is 1. The Labute approximate surface area is 257 Å². The number of para-hydroxylation sites is 1. The molecule has 0 radical (unpaired) electrons. The summed E-state index contributed by atoms with van der Waals surface area (Å²) < 4.78 is 0. The average molecular weight is 591 g/mol. The summed E-state index contributed by atoms with van der Waals surface area (Å²) in [7, 11) is 0. The zero-order valence-electron chi connectivity index (χ0n) is 25.5. The van der Waals surface area contributed by atoms with Crippen molar-refractivity contribution in [1.82, 2.24) is 15.2 Å². The third-order valence-electron chi connectivity index (χ3n) is 7.87. The van der Waals surface area contributed by atoms with Crippen LogP contribution in [0.1, 0.15) is 57.1 Å². The van der Waals surface area contributed by atoms with E-state index in [0.29, 0.717) is 34.6 Å². The van der Waals surface area contributed by atoms with E-state index >= 15 is 0 Å². The molecule has 0 bridgehead atoms. The molecule has 3 amide bonds. The van der Waals surface area contributed by atoms with Crippen molar-refractivity contribution in [2.24, 2.45) is 0 Å². The molecule has 0 fully saturated rings. The van der Waals surface area contributed by atoms with Gasteiger partial charge < -0.3 is 31.2 Å². The number of rotatable bonds is 11. The van der Waals surface area contributed by atoms with E-state index in [4.69, 9.17) is 0 Å². The van der Waals surface area contributed by atoms with Crippen molar-refractivity contribution in [3.8, 4) is 0 Å². The van der Waals surface area contributed by atoms with Crippen LogP contribution in [0.4, 0.5) is 22.7 Å². The molecule has 1 aliphatic rings. The largest absolute Gasteiger partial charge is 0.358 e. The Kier molecular flexibility index (Phi) is 9.26. The first-order chi connectivity index (χ1) is 21.3. The number of hydrogen-bond donors (Lipinski definition) is 5. The first-order valence-corrected chi connectivity index (χ1v) is 14.9. The molecule has 0 saturated heterocycles. The van der Waals surface area contributed by atoms with Gasteiger partial charge in [0.05, 0.1) is 22.5 Å². The lowest BCUT2D eigenvalue weighted by atomic mass is 10.0. The second kappa shape index (κ2) is 13.4. The molecule has 1 aromatic heterocycles. The summed E-state index contributed by atoms with van der Waals surface area (Å²) in [5.74, 6) is -0.548. The predicted molar refractivity (Wildman–Crippen MR) is 177 cm³/mol. The second-order valence-electron chi connectivity index (χ2n) is 10.7. The minimum Gasteiger partial charge on any atom is -0.358 e. The second-order valence-corrected chi connectivity index (χ2v) is 10.7. The molecule has 9 nitrogen and oxygen atoms in total. The summed E-state index contributed by atoms with van der Waals surface area (Å²) in [6.45, 7) is 11.2. The Balaban J connectivity index is 1.34. The van der Waals surface area contributed by atoms with Crippen LogP contribution in [-0.4, -0.2) is 53.8 Å². The zero-order valence-corrected chi connectivity index (χ0v) is 25.5. The molecule has 2 heterocycles. The summed E-state index contributed by atoms with van der Waals surface area (Å²) in [5.41, 5.74) is 7.48. The van der Waals surface area contributed by atoms with Gasteiger partial charge in [0.1, 0.15) is 0 Å². The molecule has 1 aliphatic heterocycles. The Hall–Kier alpha value is -5.15. The molecule has 4 aromatic rings.